The SMILES string of the molecule is CC(C)CC(C)CC(C)(C)NC(C)(C)C. The van der Waals surface area contributed by atoms with Crippen LogP contribution < -0.4 is 5.32 Å². The fraction of sp³-hybridized carbons (Fsp3) is 1.00. The van der Waals surface area contributed by atoms with Gasteiger partial charge in [0.15, 0.2) is 0 Å². The molecule has 0 aromatic rings. The smallest absolute Gasteiger partial charge is 0.0132 e. The Labute approximate surface area is 97.0 Å². The van der Waals surface area contributed by atoms with Crippen molar-refractivity contribution in [3.8, 4) is 0 Å². The maximum Gasteiger partial charge on any atom is 0.0132 e. The molecule has 0 aliphatic rings. The van der Waals surface area contributed by atoms with Gasteiger partial charge in [0.1, 0.15) is 0 Å². The van der Waals surface area contributed by atoms with Gasteiger partial charge in [-0.05, 0) is 59.3 Å². The van der Waals surface area contributed by atoms with Gasteiger partial charge in [0.2, 0.25) is 0 Å². The van der Waals surface area contributed by atoms with Crippen molar-refractivity contribution in [2.75, 3.05) is 0 Å². The lowest BCUT2D eigenvalue weighted by molar-refractivity contribution is 0.227. The first-order chi connectivity index (χ1) is 6.52. The first-order valence-electron chi connectivity index (χ1n) is 6.31. The Morgan fingerprint density at radius 1 is 0.933 bits per heavy atom. The average molecular weight is 213 g/mol. The number of hydrogen-bond acceptors (Lipinski definition) is 1. The molecule has 0 amide bonds. The molecule has 1 atom stereocenters. The molecule has 92 valence electrons. The molecular formula is C14H31N. The van der Waals surface area contributed by atoms with Gasteiger partial charge in [-0.3, -0.25) is 0 Å². The Balaban J connectivity index is 4.13. The Hall–Kier alpha value is -0.0400. The Bertz CT molecular complexity index is 174. The van der Waals surface area contributed by atoms with Crippen molar-refractivity contribution >= 4 is 0 Å². The van der Waals surface area contributed by atoms with E-state index in [2.05, 4.69) is 60.7 Å². The van der Waals surface area contributed by atoms with Crippen LogP contribution in [0.25, 0.3) is 0 Å². The normalized spacial score (nSPS) is 15.8. The van der Waals surface area contributed by atoms with E-state index in [0.29, 0.717) is 0 Å². The Kier molecular flexibility index (Phi) is 5.32. The third-order valence-electron chi connectivity index (χ3n) is 2.45. The van der Waals surface area contributed by atoms with Crippen LogP contribution in [0.3, 0.4) is 0 Å². The number of rotatable bonds is 5. The molecule has 1 N–H and O–H groups in total. The van der Waals surface area contributed by atoms with Gasteiger partial charge in [0.25, 0.3) is 0 Å². The molecule has 0 spiro atoms. The van der Waals surface area contributed by atoms with E-state index in [1.807, 2.05) is 0 Å². The van der Waals surface area contributed by atoms with Crippen molar-refractivity contribution in [3.63, 3.8) is 0 Å². The highest BCUT2D eigenvalue weighted by atomic mass is 15.0. The van der Waals surface area contributed by atoms with E-state index in [0.717, 1.165) is 11.8 Å². The lowest BCUT2D eigenvalue weighted by Gasteiger charge is -2.37. The van der Waals surface area contributed by atoms with Gasteiger partial charge in [-0.15, -0.1) is 0 Å². The molecule has 15 heavy (non-hydrogen) atoms. The highest BCUT2D eigenvalue weighted by Crippen LogP contribution is 2.23. The largest absolute Gasteiger partial charge is 0.307 e. The Morgan fingerprint density at radius 3 is 1.73 bits per heavy atom. The molecule has 1 unspecified atom stereocenters. The fourth-order valence-corrected chi connectivity index (χ4v) is 2.83. The lowest BCUT2D eigenvalue weighted by atomic mass is 9.85. The van der Waals surface area contributed by atoms with Gasteiger partial charge >= 0.3 is 0 Å². The summed E-state index contributed by atoms with van der Waals surface area (Å²) in [6.45, 7) is 18.3. The molecule has 0 aliphatic heterocycles. The minimum atomic E-state index is 0.209. The van der Waals surface area contributed by atoms with E-state index in [1.165, 1.54) is 12.8 Å². The van der Waals surface area contributed by atoms with E-state index in [9.17, 15) is 0 Å². The summed E-state index contributed by atoms with van der Waals surface area (Å²) in [6, 6.07) is 0. The molecule has 0 bridgehead atoms. The minimum Gasteiger partial charge on any atom is -0.307 e. The molecule has 0 saturated carbocycles. The molecule has 0 aliphatic carbocycles. The van der Waals surface area contributed by atoms with Crippen LogP contribution in [-0.2, 0) is 0 Å². The molecule has 0 radical (unpaired) electrons. The van der Waals surface area contributed by atoms with Crippen molar-refractivity contribution in [2.24, 2.45) is 11.8 Å². The first-order valence-corrected chi connectivity index (χ1v) is 6.31. The lowest BCUT2D eigenvalue weighted by Crippen LogP contribution is -2.51. The maximum atomic E-state index is 3.70. The molecule has 1 heteroatoms. The standard InChI is InChI=1S/C14H31N/c1-11(2)9-12(3)10-14(7,8)15-13(4,5)6/h11-12,15H,9-10H2,1-8H3. The molecule has 0 fully saturated rings. The number of nitrogens with one attached hydrogen (secondary N) is 1. The van der Waals surface area contributed by atoms with Crippen LogP contribution in [0.4, 0.5) is 0 Å². The van der Waals surface area contributed by atoms with Crippen LogP contribution >= 0.6 is 0 Å². The van der Waals surface area contributed by atoms with E-state index in [1.54, 1.807) is 0 Å². The van der Waals surface area contributed by atoms with E-state index < -0.39 is 0 Å². The molecule has 0 rings (SSSR count). The zero-order valence-corrected chi connectivity index (χ0v) is 12.1. The number of hydrogen-bond donors (Lipinski definition) is 1. The molecule has 0 aromatic carbocycles. The van der Waals surface area contributed by atoms with E-state index in [-0.39, 0.29) is 11.1 Å². The molecule has 0 saturated heterocycles. The predicted octanol–water partition coefficient (Wildman–Crippen LogP) is 4.23. The van der Waals surface area contributed by atoms with Gasteiger partial charge in [-0.25, -0.2) is 0 Å². The van der Waals surface area contributed by atoms with E-state index >= 15 is 0 Å². The van der Waals surface area contributed by atoms with Gasteiger partial charge in [0.05, 0.1) is 0 Å². The molecule has 0 heterocycles. The highest BCUT2D eigenvalue weighted by molar-refractivity contribution is 4.86. The van der Waals surface area contributed by atoms with Crippen molar-refractivity contribution in [2.45, 2.75) is 79.3 Å². The maximum absolute atomic E-state index is 3.70. The minimum absolute atomic E-state index is 0.209. The third kappa shape index (κ3) is 8.92. The first kappa shape index (κ1) is 15.0. The second-order valence-corrected chi connectivity index (χ2v) is 7.20. The average Bonchev–Trinajstić information content (AvgIpc) is 1.73. The van der Waals surface area contributed by atoms with Gasteiger partial charge < -0.3 is 5.32 Å². The van der Waals surface area contributed by atoms with Crippen LogP contribution in [0.5, 0.6) is 0 Å². The fourth-order valence-electron chi connectivity index (χ4n) is 2.83. The summed E-state index contributed by atoms with van der Waals surface area (Å²) < 4.78 is 0. The van der Waals surface area contributed by atoms with Gasteiger partial charge in [-0.1, -0.05) is 20.8 Å². The van der Waals surface area contributed by atoms with Crippen molar-refractivity contribution in [3.05, 3.63) is 0 Å². The van der Waals surface area contributed by atoms with Gasteiger partial charge in [0, 0.05) is 11.1 Å². The second-order valence-electron chi connectivity index (χ2n) is 7.20. The summed E-state index contributed by atoms with van der Waals surface area (Å²) in [5.74, 6) is 1.61. The highest BCUT2D eigenvalue weighted by Gasteiger charge is 2.25. The van der Waals surface area contributed by atoms with Crippen LogP contribution in [0.1, 0.15) is 68.2 Å². The second kappa shape index (κ2) is 5.34. The predicted molar refractivity (Wildman–Crippen MR) is 70.2 cm³/mol. The van der Waals surface area contributed by atoms with Crippen LogP contribution in [0.15, 0.2) is 0 Å². The van der Waals surface area contributed by atoms with Crippen molar-refractivity contribution in [1.82, 2.24) is 5.32 Å². The zero-order valence-electron chi connectivity index (χ0n) is 12.1. The summed E-state index contributed by atoms with van der Waals surface area (Å²) in [6.07, 6.45) is 2.58. The van der Waals surface area contributed by atoms with Crippen molar-refractivity contribution < 1.29 is 0 Å². The third-order valence-corrected chi connectivity index (χ3v) is 2.45. The molecular weight excluding hydrogens is 182 g/mol. The monoisotopic (exact) mass is 213 g/mol. The summed E-state index contributed by atoms with van der Waals surface area (Å²) >= 11 is 0. The van der Waals surface area contributed by atoms with E-state index in [4.69, 9.17) is 0 Å². The quantitative estimate of drug-likeness (QED) is 0.721. The molecule has 1 nitrogen and oxygen atoms in total. The van der Waals surface area contributed by atoms with Crippen molar-refractivity contribution in [1.29, 1.82) is 0 Å². The van der Waals surface area contributed by atoms with Crippen LogP contribution in [0.2, 0.25) is 0 Å². The summed E-state index contributed by atoms with van der Waals surface area (Å²) in [5.41, 5.74) is 0.452. The molecule has 0 aromatic heterocycles. The van der Waals surface area contributed by atoms with Crippen LogP contribution in [0, 0.1) is 11.8 Å². The van der Waals surface area contributed by atoms with Gasteiger partial charge in [-0.2, -0.15) is 0 Å². The van der Waals surface area contributed by atoms with Crippen LogP contribution in [-0.4, -0.2) is 11.1 Å². The Morgan fingerprint density at radius 2 is 1.40 bits per heavy atom. The summed E-state index contributed by atoms with van der Waals surface area (Å²) in [7, 11) is 0. The summed E-state index contributed by atoms with van der Waals surface area (Å²) in [5, 5.41) is 3.70. The zero-order chi connectivity index (χ0) is 12.3. The topological polar surface area (TPSA) is 12.0 Å². The summed E-state index contributed by atoms with van der Waals surface area (Å²) in [4.78, 5) is 0.